The Morgan fingerprint density at radius 2 is 1.87 bits per heavy atom. The fourth-order valence-corrected chi connectivity index (χ4v) is 3.48. The van der Waals surface area contributed by atoms with E-state index in [9.17, 15) is 8.78 Å². The molecule has 1 fully saturated rings. The lowest BCUT2D eigenvalue weighted by Gasteiger charge is -2.34. The number of pyridine rings is 1. The van der Waals surface area contributed by atoms with E-state index < -0.39 is 6.61 Å². The predicted octanol–water partition coefficient (Wildman–Crippen LogP) is 2.69. The van der Waals surface area contributed by atoms with Crippen molar-refractivity contribution in [1.29, 1.82) is 0 Å². The van der Waals surface area contributed by atoms with Gasteiger partial charge in [0.2, 0.25) is 0 Å². The zero-order valence-corrected chi connectivity index (χ0v) is 18.0. The molecule has 0 unspecified atom stereocenters. The van der Waals surface area contributed by atoms with Gasteiger partial charge in [-0.05, 0) is 30.3 Å². The van der Waals surface area contributed by atoms with Crippen molar-refractivity contribution < 1.29 is 13.5 Å². The summed E-state index contributed by atoms with van der Waals surface area (Å²) in [4.78, 5) is 13.5. The lowest BCUT2D eigenvalue weighted by atomic mass is 10.2. The second-order valence-corrected chi connectivity index (χ2v) is 7.21. The summed E-state index contributed by atoms with van der Waals surface area (Å²) in [6.07, 6.45) is 1.83. The summed E-state index contributed by atoms with van der Waals surface area (Å²) in [5, 5.41) is 6.40. The average Bonchev–Trinajstić information content (AvgIpc) is 2.80. The predicted molar refractivity (Wildman–Crippen MR) is 119 cm³/mol. The van der Waals surface area contributed by atoms with Gasteiger partial charge in [-0.2, -0.15) is 8.78 Å². The smallest absolute Gasteiger partial charge is 0.387 e. The van der Waals surface area contributed by atoms with E-state index in [1.54, 1.807) is 25.2 Å². The quantitative estimate of drug-likeness (QED) is 0.494. The number of hydrogen-bond donors (Lipinski definition) is 2. The molecule has 0 amide bonds. The van der Waals surface area contributed by atoms with Gasteiger partial charge in [-0.3, -0.25) is 4.99 Å². The molecule has 1 aliphatic heterocycles. The van der Waals surface area contributed by atoms with Gasteiger partial charge in [0.1, 0.15) is 11.6 Å². The number of halogens is 2. The van der Waals surface area contributed by atoms with Gasteiger partial charge < -0.3 is 25.2 Å². The van der Waals surface area contributed by atoms with Gasteiger partial charge in [0.25, 0.3) is 0 Å². The largest absolute Gasteiger partial charge is 0.434 e. The zero-order valence-electron chi connectivity index (χ0n) is 18.0. The Bertz CT molecular complexity index is 855. The molecule has 7 nitrogen and oxygen atoms in total. The van der Waals surface area contributed by atoms with Crippen LogP contribution in [0.15, 0.2) is 47.6 Å². The van der Waals surface area contributed by atoms with E-state index in [0.717, 1.165) is 44.1 Å². The molecule has 1 saturated heterocycles. The molecule has 2 N–H and O–H groups in total. The molecule has 1 aliphatic rings. The van der Waals surface area contributed by atoms with Crippen LogP contribution in [0, 0.1) is 0 Å². The highest BCUT2D eigenvalue weighted by Gasteiger charge is 2.17. The first-order valence-electron chi connectivity index (χ1n) is 10.5. The first-order valence-corrected chi connectivity index (χ1v) is 10.5. The number of anilines is 1. The van der Waals surface area contributed by atoms with Crippen LogP contribution < -0.4 is 20.3 Å². The molecule has 0 saturated carbocycles. The molecule has 0 spiro atoms. The van der Waals surface area contributed by atoms with Crippen LogP contribution in [0.5, 0.6) is 5.75 Å². The van der Waals surface area contributed by atoms with Crippen molar-refractivity contribution in [3.05, 3.63) is 53.7 Å². The number of alkyl halides is 2. The van der Waals surface area contributed by atoms with E-state index in [2.05, 4.69) is 48.1 Å². The monoisotopic (exact) mass is 432 g/mol. The SMILES string of the molecule is CCN1CCN(c2cc(CNC(=NC)NCc3ccccc3OC(F)F)ccn2)CC1. The van der Waals surface area contributed by atoms with Crippen LogP contribution in [-0.2, 0) is 13.1 Å². The summed E-state index contributed by atoms with van der Waals surface area (Å²) in [6, 6.07) is 10.8. The third-order valence-corrected chi connectivity index (χ3v) is 5.27. The molecule has 2 heterocycles. The van der Waals surface area contributed by atoms with E-state index in [4.69, 9.17) is 0 Å². The number of benzene rings is 1. The number of aromatic nitrogens is 1. The highest BCUT2D eigenvalue weighted by atomic mass is 19.3. The van der Waals surface area contributed by atoms with Gasteiger partial charge in [0.15, 0.2) is 5.96 Å². The van der Waals surface area contributed by atoms with Crippen molar-refractivity contribution in [2.45, 2.75) is 26.6 Å². The number of aliphatic imine (C=N–C) groups is 1. The van der Waals surface area contributed by atoms with Gasteiger partial charge in [0, 0.05) is 58.1 Å². The van der Waals surface area contributed by atoms with Crippen LogP contribution in [-0.4, -0.2) is 62.2 Å². The maximum Gasteiger partial charge on any atom is 0.387 e. The topological polar surface area (TPSA) is 65.0 Å². The molecule has 0 bridgehead atoms. The van der Waals surface area contributed by atoms with Crippen LogP contribution in [0.1, 0.15) is 18.1 Å². The number of likely N-dealkylation sites (N-methyl/N-ethyl adjacent to an activating group) is 1. The third kappa shape index (κ3) is 6.78. The second kappa shape index (κ2) is 11.5. The summed E-state index contributed by atoms with van der Waals surface area (Å²) in [5.41, 5.74) is 1.72. The zero-order chi connectivity index (χ0) is 22.1. The molecule has 0 atom stereocenters. The summed E-state index contributed by atoms with van der Waals surface area (Å²) in [6.45, 7) is 5.33. The van der Waals surface area contributed by atoms with Gasteiger partial charge in [-0.15, -0.1) is 0 Å². The number of hydrogen-bond acceptors (Lipinski definition) is 5. The lowest BCUT2D eigenvalue weighted by Crippen LogP contribution is -2.46. The van der Waals surface area contributed by atoms with Crippen LogP contribution >= 0.6 is 0 Å². The van der Waals surface area contributed by atoms with Crippen LogP contribution in [0.4, 0.5) is 14.6 Å². The van der Waals surface area contributed by atoms with E-state index in [0.29, 0.717) is 24.6 Å². The molecule has 1 aromatic carbocycles. The van der Waals surface area contributed by atoms with E-state index in [1.807, 2.05) is 12.3 Å². The standard InChI is InChI=1S/C22H30F2N6O/c1-3-29-10-12-30(13-11-29)20-14-17(8-9-26-20)15-27-22(25-2)28-16-18-6-4-5-7-19(18)31-21(23)24/h4-9,14,21H,3,10-13,15-16H2,1-2H3,(H2,25,27,28). The van der Waals surface area contributed by atoms with Crippen LogP contribution in [0.2, 0.25) is 0 Å². The number of para-hydroxylation sites is 1. The number of nitrogens with one attached hydrogen (secondary N) is 2. The number of ether oxygens (including phenoxy) is 1. The maximum atomic E-state index is 12.6. The van der Waals surface area contributed by atoms with Gasteiger partial charge in [-0.25, -0.2) is 4.98 Å². The number of rotatable bonds is 8. The van der Waals surface area contributed by atoms with E-state index in [-0.39, 0.29) is 5.75 Å². The molecule has 0 radical (unpaired) electrons. The Morgan fingerprint density at radius 1 is 1.13 bits per heavy atom. The lowest BCUT2D eigenvalue weighted by molar-refractivity contribution is -0.0504. The van der Waals surface area contributed by atoms with Crippen molar-refractivity contribution in [3.8, 4) is 5.75 Å². The third-order valence-electron chi connectivity index (χ3n) is 5.27. The molecule has 2 aromatic rings. The van der Waals surface area contributed by atoms with Crippen LogP contribution in [0.25, 0.3) is 0 Å². The van der Waals surface area contributed by atoms with Crippen LogP contribution in [0.3, 0.4) is 0 Å². The molecule has 1 aromatic heterocycles. The maximum absolute atomic E-state index is 12.6. The average molecular weight is 433 g/mol. The summed E-state index contributed by atoms with van der Waals surface area (Å²) < 4.78 is 29.8. The Hall–Kier alpha value is -2.94. The Balaban J connectivity index is 1.53. The Labute approximate surface area is 182 Å². The van der Waals surface area contributed by atoms with Crippen molar-refractivity contribution >= 4 is 11.8 Å². The van der Waals surface area contributed by atoms with Crippen molar-refractivity contribution in [2.24, 2.45) is 4.99 Å². The molecule has 0 aliphatic carbocycles. The van der Waals surface area contributed by atoms with E-state index >= 15 is 0 Å². The molecule has 168 valence electrons. The Kier molecular flexibility index (Phi) is 8.40. The highest BCUT2D eigenvalue weighted by molar-refractivity contribution is 5.79. The molecular weight excluding hydrogens is 402 g/mol. The first-order chi connectivity index (χ1) is 15.1. The number of piperazine rings is 1. The summed E-state index contributed by atoms with van der Waals surface area (Å²) in [5.74, 6) is 1.71. The highest BCUT2D eigenvalue weighted by Crippen LogP contribution is 2.20. The van der Waals surface area contributed by atoms with Crippen molar-refractivity contribution in [2.75, 3.05) is 44.7 Å². The first kappa shape index (κ1) is 22.7. The minimum atomic E-state index is -2.86. The molecule has 3 rings (SSSR count). The molecular formula is C22H30F2N6O. The normalized spacial score (nSPS) is 15.3. The summed E-state index contributed by atoms with van der Waals surface area (Å²) in [7, 11) is 1.67. The van der Waals surface area contributed by atoms with Crippen molar-refractivity contribution in [1.82, 2.24) is 20.5 Å². The minimum absolute atomic E-state index is 0.155. The number of guanidine groups is 1. The van der Waals surface area contributed by atoms with Gasteiger partial charge in [0.05, 0.1) is 0 Å². The molecule has 31 heavy (non-hydrogen) atoms. The van der Waals surface area contributed by atoms with Gasteiger partial charge >= 0.3 is 6.61 Å². The molecule has 9 heteroatoms. The minimum Gasteiger partial charge on any atom is -0.434 e. The number of nitrogens with zero attached hydrogens (tertiary/aromatic N) is 4. The Morgan fingerprint density at radius 3 is 2.58 bits per heavy atom. The fourth-order valence-electron chi connectivity index (χ4n) is 3.48. The fraction of sp³-hybridized carbons (Fsp3) is 0.455. The summed E-state index contributed by atoms with van der Waals surface area (Å²) >= 11 is 0. The van der Waals surface area contributed by atoms with E-state index in [1.165, 1.54) is 6.07 Å². The van der Waals surface area contributed by atoms with Crippen molar-refractivity contribution in [3.63, 3.8) is 0 Å². The second-order valence-electron chi connectivity index (χ2n) is 7.21. The van der Waals surface area contributed by atoms with Gasteiger partial charge in [-0.1, -0.05) is 25.1 Å².